The predicted octanol–water partition coefficient (Wildman–Crippen LogP) is 4.06. The molecule has 12 heteroatoms. The van der Waals surface area contributed by atoms with Gasteiger partial charge in [0.15, 0.2) is 0 Å². The molecular weight excluding hydrogens is 640 g/mol. The number of aryl methyl sites for hydroxylation is 1. The van der Waals surface area contributed by atoms with Crippen LogP contribution in [0.5, 0.6) is 11.5 Å². The van der Waals surface area contributed by atoms with Crippen LogP contribution in [0, 0.1) is 18.3 Å². The number of benzene rings is 3. The van der Waals surface area contributed by atoms with Gasteiger partial charge in [0.05, 0.1) is 59.2 Å². The summed E-state index contributed by atoms with van der Waals surface area (Å²) >= 11 is 0. The van der Waals surface area contributed by atoms with Crippen molar-refractivity contribution >= 4 is 0 Å². The zero-order valence-electron chi connectivity index (χ0n) is 28.6. The van der Waals surface area contributed by atoms with Crippen molar-refractivity contribution in [2.24, 2.45) is 0 Å². The lowest BCUT2D eigenvalue weighted by Gasteiger charge is -2.37. The second kappa shape index (κ2) is 17.8. The molecule has 4 aromatic rings. The van der Waals surface area contributed by atoms with Crippen LogP contribution in [0.4, 0.5) is 0 Å². The number of hydrogen-bond donors (Lipinski definition) is 2. The van der Waals surface area contributed by atoms with Crippen LogP contribution in [0.25, 0.3) is 0 Å². The Morgan fingerprint density at radius 2 is 1.50 bits per heavy atom. The topological polar surface area (TPSA) is 146 Å². The Hall–Kier alpha value is -4.77. The third-order valence-electron chi connectivity index (χ3n) is 8.67. The first kappa shape index (κ1) is 36.5. The van der Waals surface area contributed by atoms with Crippen molar-refractivity contribution < 1.29 is 28.4 Å². The third kappa shape index (κ3) is 8.68. The summed E-state index contributed by atoms with van der Waals surface area (Å²) in [5.74, 6) is 1.42. The van der Waals surface area contributed by atoms with Gasteiger partial charge < -0.3 is 33.7 Å². The number of hydrogen-bond acceptors (Lipinski definition) is 10. The summed E-state index contributed by atoms with van der Waals surface area (Å²) in [7, 11) is 3.24. The van der Waals surface area contributed by atoms with Crippen LogP contribution in [-0.4, -0.2) is 75.5 Å². The highest BCUT2D eigenvalue weighted by Gasteiger charge is 2.43. The number of morpholine rings is 1. The summed E-state index contributed by atoms with van der Waals surface area (Å²) in [4.78, 5) is 27.1. The lowest BCUT2D eigenvalue weighted by atomic mass is 9.80. The van der Waals surface area contributed by atoms with E-state index in [1.165, 1.54) is 10.8 Å². The second-order valence-electron chi connectivity index (χ2n) is 11.8. The van der Waals surface area contributed by atoms with Crippen molar-refractivity contribution in [1.29, 1.82) is 5.26 Å². The first-order valence-corrected chi connectivity index (χ1v) is 16.6. The van der Waals surface area contributed by atoms with Gasteiger partial charge in [0, 0.05) is 31.3 Å². The zero-order chi connectivity index (χ0) is 35.3. The van der Waals surface area contributed by atoms with E-state index in [4.69, 9.17) is 33.7 Å². The molecule has 0 aliphatic carbocycles. The summed E-state index contributed by atoms with van der Waals surface area (Å²) in [6, 6.07) is 27.4. The van der Waals surface area contributed by atoms with E-state index >= 15 is 0 Å². The number of aromatic nitrogens is 2. The van der Waals surface area contributed by atoms with Crippen molar-refractivity contribution in [3.05, 3.63) is 128 Å². The first-order chi connectivity index (χ1) is 24.4. The average Bonchev–Trinajstić information content (AvgIpc) is 3.57. The van der Waals surface area contributed by atoms with Crippen molar-refractivity contribution in [3.8, 4) is 17.6 Å². The largest absolute Gasteiger partial charge is 0.497 e. The summed E-state index contributed by atoms with van der Waals surface area (Å²) in [6.45, 7) is 5.75. The summed E-state index contributed by atoms with van der Waals surface area (Å²) in [5, 5.41) is 12.3. The van der Waals surface area contributed by atoms with Crippen LogP contribution in [0.1, 0.15) is 41.3 Å². The van der Waals surface area contributed by atoms with E-state index < -0.39 is 35.3 Å². The summed E-state index contributed by atoms with van der Waals surface area (Å²) < 4.78 is 36.8. The summed E-state index contributed by atoms with van der Waals surface area (Å²) in [6.07, 6.45) is 0.244. The maximum atomic E-state index is 12.7. The maximum Gasteiger partial charge on any atom is 0.330 e. The molecule has 0 amide bonds. The monoisotopic (exact) mass is 684 g/mol. The Bertz CT molecular complexity index is 1740. The van der Waals surface area contributed by atoms with Gasteiger partial charge in [-0.25, -0.2) is 4.79 Å². The van der Waals surface area contributed by atoms with Gasteiger partial charge in [-0.15, -0.1) is 0 Å². The van der Waals surface area contributed by atoms with Gasteiger partial charge in [-0.3, -0.25) is 14.3 Å². The minimum absolute atomic E-state index is 0.0811. The fraction of sp³-hybridized carbons (Fsp3) is 0.395. The Morgan fingerprint density at radius 3 is 2.02 bits per heavy atom. The molecule has 2 N–H and O–H groups in total. The molecule has 50 heavy (non-hydrogen) atoms. The molecule has 2 saturated heterocycles. The molecule has 1 aromatic heterocycles. The van der Waals surface area contributed by atoms with Crippen molar-refractivity contribution in [1.82, 2.24) is 14.9 Å². The van der Waals surface area contributed by atoms with Crippen LogP contribution in [-0.2, 0) is 24.5 Å². The van der Waals surface area contributed by atoms with Crippen molar-refractivity contribution in [3.63, 3.8) is 0 Å². The Morgan fingerprint density at radius 1 is 0.900 bits per heavy atom. The lowest BCUT2D eigenvalue weighted by molar-refractivity contribution is -0.104. The number of H-pyrrole nitrogens is 1. The summed E-state index contributed by atoms with van der Waals surface area (Å²) in [5.41, 5.74) is 0.897. The highest BCUT2D eigenvalue weighted by molar-refractivity contribution is 5.49. The highest BCUT2D eigenvalue weighted by Crippen LogP contribution is 2.43. The van der Waals surface area contributed by atoms with Crippen molar-refractivity contribution in [2.75, 3.05) is 53.7 Å². The number of ether oxygens (including phenoxy) is 6. The number of aromatic amines is 1. The molecule has 264 valence electrons. The van der Waals surface area contributed by atoms with E-state index in [2.05, 4.69) is 16.4 Å². The number of nitriles is 1. The van der Waals surface area contributed by atoms with E-state index in [1.807, 2.05) is 78.9 Å². The number of nitrogens with zero attached hydrogens (tertiary/aromatic N) is 2. The van der Waals surface area contributed by atoms with Gasteiger partial charge in [0.2, 0.25) is 0 Å². The Balaban J connectivity index is 0.000000732. The van der Waals surface area contributed by atoms with E-state index in [0.717, 1.165) is 43.0 Å². The average molecular weight is 685 g/mol. The number of nitrogens with one attached hydrogen (secondary N) is 2. The molecular formula is C38H44N4O8. The molecule has 3 aromatic carbocycles. The quantitative estimate of drug-likeness (QED) is 0.166. The van der Waals surface area contributed by atoms with Gasteiger partial charge in [-0.05, 0) is 47.9 Å². The lowest BCUT2D eigenvalue weighted by Crippen LogP contribution is -2.38. The van der Waals surface area contributed by atoms with Crippen LogP contribution >= 0.6 is 0 Å². The normalized spacial score (nSPS) is 18.8. The first-order valence-electron chi connectivity index (χ1n) is 16.6. The molecule has 0 bridgehead atoms. The fourth-order valence-corrected chi connectivity index (χ4v) is 6.05. The van der Waals surface area contributed by atoms with Gasteiger partial charge in [0.25, 0.3) is 5.56 Å². The standard InChI is InChI=1S/C34H35N3O7.C4H9NO/c1-23-21-37(33(39)36-32(23)38)31-20-29(42-19-7-18-35)30(44-31)22-43-34(24-8-5-4-6-9-24,25-10-14-27(40-2)15-11-25)26-12-16-28(41-3)17-13-26;1-3-6-4-2-5-1/h4-6,8-17,21,29-31H,7,19-20,22H2,1-3H3,(H,36,38,39);5H,1-4H2/t29-,30+,31+;/m0./s1. The maximum absolute atomic E-state index is 12.7. The molecule has 0 unspecified atom stereocenters. The highest BCUT2D eigenvalue weighted by atomic mass is 16.6. The van der Waals surface area contributed by atoms with E-state index in [-0.39, 0.29) is 19.6 Å². The molecule has 2 aliphatic heterocycles. The second-order valence-corrected chi connectivity index (χ2v) is 11.8. The van der Waals surface area contributed by atoms with Gasteiger partial charge >= 0.3 is 5.69 Å². The molecule has 0 saturated carbocycles. The van der Waals surface area contributed by atoms with Gasteiger partial charge in [0.1, 0.15) is 29.4 Å². The van der Waals surface area contributed by atoms with Gasteiger partial charge in [-0.2, -0.15) is 5.26 Å². The van der Waals surface area contributed by atoms with Crippen LogP contribution in [0.2, 0.25) is 0 Å². The van der Waals surface area contributed by atoms with Crippen LogP contribution < -0.4 is 26.0 Å². The SMILES string of the molecule is C1COCCN1.COc1ccc(C(OC[C@H]2O[C@@H](n3cc(C)c(=O)[nH]c3=O)C[C@@H]2OCCC#N)(c2ccccc2)c2ccc(OC)cc2)cc1. The minimum Gasteiger partial charge on any atom is -0.497 e. The molecule has 2 aliphatic rings. The van der Waals surface area contributed by atoms with E-state index in [0.29, 0.717) is 23.5 Å². The molecule has 2 fully saturated rings. The zero-order valence-corrected chi connectivity index (χ0v) is 28.6. The van der Waals surface area contributed by atoms with E-state index in [9.17, 15) is 9.59 Å². The Labute approximate surface area is 291 Å². The molecule has 3 atom stereocenters. The third-order valence-corrected chi connectivity index (χ3v) is 8.67. The molecule has 0 spiro atoms. The molecule has 3 heterocycles. The number of methoxy groups -OCH3 is 2. The fourth-order valence-electron chi connectivity index (χ4n) is 6.05. The minimum atomic E-state index is -1.08. The van der Waals surface area contributed by atoms with Crippen LogP contribution in [0.3, 0.4) is 0 Å². The van der Waals surface area contributed by atoms with Crippen LogP contribution in [0.15, 0.2) is 94.6 Å². The van der Waals surface area contributed by atoms with Gasteiger partial charge in [-0.1, -0.05) is 54.6 Å². The predicted molar refractivity (Wildman–Crippen MR) is 187 cm³/mol. The van der Waals surface area contributed by atoms with Crippen molar-refractivity contribution in [2.45, 2.75) is 43.8 Å². The smallest absolute Gasteiger partial charge is 0.330 e. The number of rotatable bonds is 12. The Kier molecular flexibility index (Phi) is 13.0. The van der Waals surface area contributed by atoms with E-state index in [1.54, 1.807) is 21.1 Å². The molecule has 6 rings (SSSR count). The molecule has 0 radical (unpaired) electrons. The molecule has 12 nitrogen and oxygen atoms in total.